The molecule has 0 unspecified atom stereocenters. The highest BCUT2D eigenvalue weighted by Gasteiger charge is 2.03. The molecule has 0 aliphatic heterocycles. The lowest BCUT2D eigenvalue weighted by atomic mass is 10.1. The van der Waals surface area contributed by atoms with Crippen LogP contribution in [0.15, 0.2) is 96.9 Å². The number of halogens is 2. The number of anilines is 2. The molecule has 0 spiro atoms. The maximum Gasteiger partial charge on any atom is 0.0641 e. The summed E-state index contributed by atoms with van der Waals surface area (Å²) in [4.78, 5) is 0. The Kier molecular flexibility index (Phi) is 4.42. The van der Waals surface area contributed by atoms with Crippen molar-refractivity contribution in [3.05, 3.63) is 107 Å². The van der Waals surface area contributed by atoms with Crippen LogP contribution >= 0.6 is 23.2 Å². The summed E-state index contributed by atoms with van der Waals surface area (Å²) in [6.45, 7) is 0. The van der Waals surface area contributed by atoms with Gasteiger partial charge >= 0.3 is 0 Å². The maximum atomic E-state index is 7.81. The summed E-state index contributed by atoms with van der Waals surface area (Å²) in [6.07, 6.45) is 0. The van der Waals surface area contributed by atoms with Crippen molar-refractivity contribution in [2.75, 3.05) is 11.5 Å². The van der Waals surface area contributed by atoms with Gasteiger partial charge < -0.3 is 11.5 Å². The first kappa shape index (κ1) is 13.3. The molecule has 140 valence electrons. The maximum absolute atomic E-state index is 7.81. The molecule has 4 N–H and O–H groups in total. The van der Waals surface area contributed by atoms with E-state index >= 15 is 0 Å². The molecule has 0 saturated heterocycles. The molecule has 0 saturated carbocycles. The molecule has 0 fully saturated rings. The summed E-state index contributed by atoms with van der Waals surface area (Å²) in [6, 6.07) is 15.8. The highest BCUT2D eigenvalue weighted by molar-refractivity contribution is 6.34. The minimum Gasteiger partial charge on any atom is -0.398 e. The van der Waals surface area contributed by atoms with Crippen LogP contribution in [0.4, 0.5) is 11.4 Å². The Morgan fingerprint density at radius 2 is 1.14 bits per heavy atom. The zero-order chi connectivity index (χ0) is 25.2. The number of benzene rings is 4. The number of hydrogen-bond donors (Lipinski definition) is 2. The second kappa shape index (κ2) is 9.32. The van der Waals surface area contributed by atoms with E-state index in [-0.39, 0.29) is 35.8 Å². The molecule has 4 aromatic carbocycles. The van der Waals surface area contributed by atoms with Crippen LogP contribution in [0.3, 0.4) is 0 Å². The molecule has 0 heterocycles. The first-order valence-corrected chi connectivity index (χ1v) is 9.01. The van der Waals surface area contributed by atoms with E-state index in [1.807, 2.05) is 12.1 Å². The molecule has 2 nitrogen and oxygen atoms in total. The predicted molar refractivity (Wildman–Crippen MR) is 123 cm³/mol. The summed E-state index contributed by atoms with van der Waals surface area (Å²) >= 11 is 11.9. The zero-order valence-electron chi connectivity index (χ0n) is 20.7. The third-order valence-corrected chi connectivity index (χ3v) is 4.47. The van der Waals surface area contributed by atoms with E-state index in [1.165, 1.54) is 6.07 Å². The lowest BCUT2D eigenvalue weighted by molar-refractivity contribution is 1.61. The van der Waals surface area contributed by atoms with Crippen LogP contribution in [0.1, 0.15) is 8.22 Å². The van der Waals surface area contributed by atoms with Gasteiger partial charge in [0.15, 0.2) is 0 Å². The molecule has 0 aliphatic rings. The normalized spacial score (nSPS) is 13.1. The average molecular weight is 413 g/mol. The quantitative estimate of drug-likeness (QED) is 0.342. The Morgan fingerprint density at radius 3 is 1.64 bits per heavy atom. The van der Waals surface area contributed by atoms with E-state index in [1.54, 1.807) is 42.5 Å². The van der Waals surface area contributed by atoms with Crippen LogP contribution in [0.2, 0.25) is 10.0 Å². The van der Waals surface area contributed by atoms with E-state index in [4.69, 9.17) is 42.9 Å². The predicted octanol–water partition coefficient (Wildman–Crippen LogP) is 7.18. The van der Waals surface area contributed by atoms with Crippen LogP contribution in [-0.4, -0.2) is 0 Å². The molecule has 0 amide bonds. The molecule has 4 rings (SSSR count). The van der Waals surface area contributed by atoms with E-state index in [2.05, 4.69) is 0 Å². The molecule has 0 radical (unpaired) electrons. The van der Waals surface area contributed by atoms with Crippen LogP contribution in [0.5, 0.6) is 0 Å². The van der Waals surface area contributed by atoms with Gasteiger partial charge in [0.2, 0.25) is 0 Å². The molecule has 4 heteroatoms. The Morgan fingerprint density at radius 1 is 0.571 bits per heavy atom. The first-order chi connectivity index (χ1) is 16.0. The molecule has 28 heavy (non-hydrogen) atoms. The Bertz CT molecular complexity index is 1300. The lowest BCUT2D eigenvalue weighted by Gasteiger charge is -2.06. The van der Waals surface area contributed by atoms with E-state index in [9.17, 15) is 0 Å². The summed E-state index contributed by atoms with van der Waals surface area (Å²) in [7, 11) is 0. The van der Waals surface area contributed by atoms with Crippen molar-refractivity contribution >= 4 is 34.6 Å². The smallest absolute Gasteiger partial charge is 0.0641 e. The largest absolute Gasteiger partial charge is 0.398 e. The van der Waals surface area contributed by atoms with E-state index in [0.29, 0.717) is 27.0 Å². The highest BCUT2D eigenvalue weighted by Crippen LogP contribution is 2.30. The van der Waals surface area contributed by atoms with Gasteiger partial charge in [-0.1, -0.05) is 95.9 Å². The molecule has 0 bridgehead atoms. The Labute approximate surface area is 183 Å². The Hall–Kier alpha value is -2.94. The minimum absolute atomic E-state index is 0.0756. The molecule has 4 aromatic rings. The third kappa shape index (κ3) is 5.07. The van der Waals surface area contributed by atoms with Gasteiger partial charge in [0.25, 0.3) is 0 Å². The number of nitrogen functional groups attached to an aromatic ring is 2. The number of rotatable bonds is 2. The van der Waals surface area contributed by atoms with Gasteiger partial charge in [0.05, 0.1) is 29.6 Å². The SMILES string of the molecule is Nc1ccc(-c2ccc(N)c(Cl)c2)cc1Cl.[2H]c1ccccc1-c1c([2H])c([2H])c([2H])c([2H])c1[2H]. The monoisotopic (exact) mass is 412 g/mol. The Balaban J connectivity index is 0.000000192. The van der Waals surface area contributed by atoms with Gasteiger partial charge in [-0.2, -0.15) is 0 Å². The molecule has 0 aromatic heterocycles. The van der Waals surface area contributed by atoms with Gasteiger partial charge in [0.1, 0.15) is 0 Å². The second-order valence-corrected chi connectivity index (χ2v) is 6.56. The van der Waals surface area contributed by atoms with Crippen LogP contribution in [0, 0.1) is 0 Å². The topological polar surface area (TPSA) is 52.0 Å². The van der Waals surface area contributed by atoms with E-state index in [0.717, 1.165) is 11.1 Å². The van der Waals surface area contributed by atoms with Gasteiger partial charge in [-0.15, -0.1) is 0 Å². The third-order valence-electron chi connectivity index (χ3n) is 3.81. The summed E-state index contributed by atoms with van der Waals surface area (Å²) in [5.41, 5.74) is 14.7. The van der Waals surface area contributed by atoms with Gasteiger partial charge in [-0.05, 0) is 46.5 Å². The van der Waals surface area contributed by atoms with Gasteiger partial charge in [0, 0.05) is 0 Å². The van der Waals surface area contributed by atoms with Gasteiger partial charge in [-0.3, -0.25) is 0 Å². The first-order valence-electron chi connectivity index (χ1n) is 11.3. The fraction of sp³-hybridized carbons (Fsp3) is 0. The zero-order valence-corrected chi connectivity index (χ0v) is 16.2. The van der Waals surface area contributed by atoms with E-state index < -0.39 is 6.04 Å². The van der Waals surface area contributed by atoms with Crippen molar-refractivity contribution in [2.24, 2.45) is 0 Å². The minimum atomic E-state index is -0.420. The van der Waals surface area contributed by atoms with Gasteiger partial charge in [-0.25, -0.2) is 0 Å². The molecule has 0 aliphatic carbocycles. The summed E-state index contributed by atoms with van der Waals surface area (Å²) in [5.74, 6) is 0. The van der Waals surface area contributed by atoms with Crippen molar-refractivity contribution in [3.8, 4) is 22.3 Å². The lowest BCUT2D eigenvalue weighted by Crippen LogP contribution is -1.88. The fourth-order valence-electron chi connectivity index (χ4n) is 2.35. The molecular formula is C24H20Cl2N2. The number of nitrogens with two attached hydrogens (primary N) is 2. The van der Waals surface area contributed by atoms with Crippen molar-refractivity contribution in [2.45, 2.75) is 0 Å². The van der Waals surface area contributed by atoms with Crippen LogP contribution in [-0.2, 0) is 0 Å². The average Bonchev–Trinajstić information content (AvgIpc) is 2.82. The van der Waals surface area contributed by atoms with Crippen molar-refractivity contribution in [1.29, 1.82) is 0 Å². The van der Waals surface area contributed by atoms with Crippen LogP contribution in [0.25, 0.3) is 22.3 Å². The molecule has 0 atom stereocenters. The second-order valence-electron chi connectivity index (χ2n) is 5.75. The standard InChI is InChI=1S/C12H10Cl2N2.C12H10/c13-9-5-7(1-3-11(9)15)8-2-4-12(16)10(14)6-8;1-3-7-11(8-4-1)12-9-5-2-6-10-12/h1-6H,15-16H2;1-10H/i;1D,3D,4D,7D,8D,9D. The van der Waals surface area contributed by atoms with Crippen molar-refractivity contribution in [1.82, 2.24) is 0 Å². The summed E-state index contributed by atoms with van der Waals surface area (Å²) < 4.78 is 46.1. The fourth-order valence-corrected chi connectivity index (χ4v) is 2.71. The highest BCUT2D eigenvalue weighted by atomic mass is 35.5. The van der Waals surface area contributed by atoms with Crippen molar-refractivity contribution < 1.29 is 8.22 Å². The molecular weight excluding hydrogens is 387 g/mol. The summed E-state index contributed by atoms with van der Waals surface area (Å²) in [5, 5.41) is 1.07. The number of hydrogen-bond acceptors (Lipinski definition) is 2. The van der Waals surface area contributed by atoms with Crippen molar-refractivity contribution in [3.63, 3.8) is 0 Å². The van der Waals surface area contributed by atoms with Crippen LogP contribution < -0.4 is 11.5 Å².